The molecule has 3 rings (SSSR count). The fourth-order valence-corrected chi connectivity index (χ4v) is 4.36. The molecule has 1 unspecified atom stereocenters. The molecule has 0 bridgehead atoms. The van der Waals surface area contributed by atoms with Crippen molar-refractivity contribution in [2.24, 2.45) is 0 Å². The summed E-state index contributed by atoms with van der Waals surface area (Å²) in [5.41, 5.74) is -2.47. The Labute approximate surface area is 197 Å². The van der Waals surface area contributed by atoms with Gasteiger partial charge in [-0.2, -0.15) is 26.3 Å². The van der Waals surface area contributed by atoms with Crippen molar-refractivity contribution in [1.29, 1.82) is 0 Å². The van der Waals surface area contributed by atoms with Gasteiger partial charge in [0.2, 0.25) is 0 Å². The van der Waals surface area contributed by atoms with Gasteiger partial charge < -0.3 is 14.9 Å². The van der Waals surface area contributed by atoms with Crippen LogP contribution in [0.3, 0.4) is 0 Å². The van der Waals surface area contributed by atoms with E-state index in [1.54, 1.807) is 18.2 Å². The lowest BCUT2D eigenvalue weighted by molar-refractivity contribution is -0.143. The van der Waals surface area contributed by atoms with E-state index in [-0.39, 0.29) is 12.7 Å². The van der Waals surface area contributed by atoms with Gasteiger partial charge in [-0.15, -0.1) is 0 Å². The number of aliphatic carboxylic acids is 1. The van der Waals surface area contributed by atoms with Gasteiger partial charge in [0.1, 0.15) is 6.10 Å². The van der Waals surface area contributed by atoms with Crippen LogP contribution in [0.15, 0.2) is 60.2 Å². The third-order valence-electron chi connectivity index (χ3n) is 6.27. The highest BCUT2D eigenvalue weighted by atomic mass is 19.4. The van der Waals surface area contributed by atoms with Crippen LogP contribution in [0.25, 0.3) is 0 Å². The molecule has 0 radical (unpaired) electrons. The van der Waals surface area contributed by atoms with Crippen molar-refractivity contribution in [3.63, 3.8) is 0 Å². The Morgan fingerprint density at radius 2 is 1.51 bits per heavy atom. The van der Waals surface area contributed by atoms with Crippen molar-refractivity contribution in [3.8, 4) is 0 Å². The molecule has 0 saturated heterocycles. The van der Waals surface area contributed by atoms with Crippen LogP contribution < -0.4 is 0 Å². The highest BCUT2D eigenvalue weighted by Gasteiger charge is 2.39. The molecule has 0 amide bonds. The Morgan fingerprint density at radius 3 is 1.97 bits per heavy atom. The van der Waals surface area contributed by atoms with Crippen LogP contribution in [0.4, 0.5) is 26.3 Å². The van der Waals surface area contributed by atoms with E-state index in [0.29, 0.717) is 37.8 Å². The van der Waals surface area contributed by atoms with E-state index in [1.165, 1.54) is 0 Å². The molecule has 2 aromatic rings. The van der Waals surface area contributed by atoms with Gasteiger partial charge in [-0.05, 0) is 55.0 Å². The van der Waals surface area contributed by atoms with Crippen molar-refractivity contribution in [3.05, 3.63) is 82.4 Å². The first-order chi connectivity index (χ1) is 16.3. The summed E-state index contributed by atoms with van der Waals surface area (Å²) in [6.07, 6.45) is -8.50. The van der Waals surface area contributed by atoms with Gasteiger partial charge >= 0.3 is 18.3 Å². The lowest BCUT2D eigenvalue weighted by Crippen LogP contribution is -2.36. The predicted octanol–water partition coefficient (Wildman–Crippen LogP) is 6.30. The number of hydrogen-bond acceptors (Lipinski definition) is 3. The number of halogens is 6. The van der Waals surface area contributed by atoms with Gasteiger partial charge in [0, 0.05) is 11.5 Å². The molecule has 1 atom stereocenters. The Bertz CT molecular complexity index is 1020. The number of aliphatic hydroxyl groups is 1. The number of benzene rings is 2. The SMILES string of the molecule is O=C(O)C=C1CCC(COC(CO)c2cc(C(F)(F)F)cc(C(F)(F)F)c2)(c2ccccc2)CC1. The summed E-state index contributed by atoms with van der Waals surface area (Å²) in [5, 5.41) is 18.8. The van der Waals surface area contributed by atoms with Gasteiger partial charge in [-0.25, -0.2) is 4.79 Å². The Kier molecular flexibility index (Phi) is 7.96. The van der Waals surface area contributed by atoms with Gasteiger partial charge in [-0.1, -0.05) is 35.9 Å². The number of carbonyl (C=O) groups is 1. The Morgan fingerprint density at radius 1 is 0.971 bits per heavy atom. The summed E-state index contributed by atoms with van der Waals surface area (Å²) in [5.74, 6) is -1.06. The topological polar surface area (TPSA) is 66.8 Å². The zero-order valence-corrected chi connectivity index (χ0v) is 18.5. The minimum atomic E-state index is -5.02. The van der Waals surface area contributed by atoms with Gasteiger partial charge in [0.15, 0.2) is 0 Å². The molecule has 4 nitrogen and oxygen atoms in total. The van der Waals surface area contributed by atoms with E-state index in [1.807, 2.05) is 12.1 Å². The normalized spacial score (nSPS) is 19.9. The van der Waals surface area contributed by atoms with Crippen molar-refractivity contribution in [2.75, 3.05) is 13.2 Å². The second-order valence-corrected chi connectivity index (χ2v) is 8.61. The number of aliphatic hydroxyl groups excluding tert-OH is 1. The first-order valence-corrected chi connectivity index (χ1v) is 10.8. The number of allylic oxidation sites excluding steroid dienone is 1. The van der Waals surface area contributed by atoms with Gasteiger partial charge in [0.25, 0.3) is 0 Å². The van der Waals surface area contributed by atoms with E-state index < -0.39 is 53.1 Å². The molecule has 0 spiro atoms. The first kappa shape index (κ1) is 26.7. The molecule has 1 aliphatic carbocycles. The summed E-state index contributed by atoms with van der Waals surface area (Å²) < 4.78 is 85.4. The van der Waals surface area contributed by atoms with Crippen molar-refractivity contribution < 1.29 is 46.1 Å². The van der Waals surface area contributed by atoms with Crippen LogP contribution in [-0.4, -0.2) is 29.4 Å². The van der Waals surface area contributed by atoms with Crippen molar-refractivity contribution in [2.45, 2.75) is 49.6 Å². The largest absolute Gasteiger partial charge is 0.478 e. The highest BCUT2D eigenvalue weighted by molar-refractivity contribution is 5.80. The fourth-order valence-electron chi connectivity index (χ4n) is 4.36. The second-order valence-electron chi connectivity index (χ2n) is 8.61. The summed E-state index contributed by atoms with van der Waals surface area (Å²) in [4.78, 5) is 11.0. The van der Waals surface area contributed by atoms with Gasteiger partial charge in [0.05, 0.1) is 24.3 Å². The van der Waals surface area contributed by atoms with E-state index in [2.05, 4.69) is 0 Å². The lowest BCUT2D eigenvalue weighted by Gasteiger charge is -2.39. The Balaban J connectivity index is 1.91. The molecule has 1 fully saturated rings. The highest BCUT2D eigenvalue weighted by Crippen LogP contribution is 2.43. The number of rotatable bonds is 7. The third-order valence-corrected chi connectivity index (χ3v) is 6.27. The predicted molar refractivity (Wildman–Crippen MR) is 115 cm³/mol. The smallest absolute Gasteiger partial charge is 0.416 e. The number of carboxylic acid groups (broad SMARTS) is 1. The first-order valence-electron chi connectivity index (χ1n) is 10.8. The fraction of sp³-hybridized carbons (Fsp3) is 0.400. The summed E-state index contributed by atoms with van der Waals surface area (Å²) in [6.45, 7) is -0.909. The number of carboxylic acids is 1. The summed E-state index contributed by atoms with van der Waals surface area (Å²) >= 11 is 0. The molecular formula is C25H24F6O4. The van der Waals surface area contributed by atoms with Gasteiger partial charge in [-0.3, -0.25) is 0 Å². The van der Waals surface area contributed by atoms with Crippen LogP contribution in [0, 0.1) is 0 Å². The van der Waals surface area contributed by atoms with E-state index in [4.69, 9.17) is 9.84 Å². The van der Waals surface area contributed by atoms with Crippen LogP contribution in [0.5, 0.6) is 0 Å². The van der Waals surface area contributed by atoms with Crippen molar-refractivity contribution in [1.82, 2.24) is 0 Å². The Hall–Kier alpha value is -2.85. The van der Waals surface area contributed by atoms with E-state index in [9.17, 15) is 36.2 Å². The number of alkyl halides is 6. The molecule has 1 saturated carbocycles. The van der Waals surface area contributed by atoms with Crippen LogP contribution >= 0.6 is 0 Å². The summed E-state index contributed by atoms with van der Waals surface area (Å²) in [6, 6.07) is 10.2. The molecule has 0 aromatic heterocycles. The maximum atomic E-state index is 13.3. The standard InChI is InChI=1S/C25H24F6O4/c26-24(27,28)19-11-17(12-20(13-19)25(29,30)31)21(14-32)35-15-23(18-4-2-1-3-5-18)8-6-16(7-9-23)10-22(33)34/h1-5,10-13,21,32H,6-9,14-15H2,(H,33,34). The molecule has 0 heterocycles. The number of hydrogen-bond donors (Lipinski definition) is 2. The summed E-state index contributed by atoms with van der Waals surface area (Å²) in [7, 11) is 0. The molecular weight excluding hydrogens is 478 g/mol. The molecule has 190 valence electrons. The number of ether oxygens (including phenoxy) is 1. The minimum Gasteiger partial charge on any atom is -0.478 e. The zero-order valence-electron chi connectivity index (χ0n) is 18.5. The maximum absolute atomic E-state index is 13.3. The lowest BCUT2D eigenvalue weighted by atomic mass is 9.68. The third kappa shape index (κ3) is 6.64. The molecule has 10 heteroatoms. The maximum Gasteiger partial charge on any atom is 0.416 e. The molecule has 1 aliphatic rings. The molecule has 0 aliphatic heterocycles. The van der Waals surface area contributed by atoms with E-state index >= 15 is 0 Å². The molecule has 2 aromatic carbocycles. The van der Waals surface area contributed by atoms with Crippen LogP contribution in [0.2, 0.25) is 0 Å². The second kappa shape index (κ2) is 10.4. The van der Waals surface area contributed by atoms with Crippen LogP contribution in [-0.2, 0) is 27.3 Å². The zero-order chi connectivity index (χ0) is 25.9. The van der Waals surface area contributed by atoms with E-state index in [0.717, 1.165) is 17.2 Å². The quantitative estimate of drug-likeness (QED) is 0.345. The van der Waals surface area contributed by atoms with Crippen LogP contribution in [0.1, 0.15) is 54.0 Å². The molecule has 2 N–H and O–H groups in total. The minimum absolute atomic E-state index is 0.0286. The van der Waals surface area contributed by atoms with Crippen molar-refractivity contribution >= 4 is 5.97 Å². The monoisotopic (exact) mass is 502 g/mol. The average molecular weight is 502 g/mol. The average Bonchev–Trinajstić information content (AvgIpc) is 2.79. The molecule has 35 heavy (non-hydrogen) atoms.